The van der Waals surface area contributed by atoms with Gasteiger partial charge in [0.15, 0.2) is 5.54 Å². The van der Waals surface area contributed by atoms with Crippen LogP contribution in [-0.2, 0) is 19.8 Å². The molecule has 0 aromatic heterocycles. The molecule has 0 radical (unpaired) electrons. The molecule has 1 aliphatic carbocycles. The van der Waals surface area contributed by atoms with Gasteiger partial charge in [-0.3, -0.25) is 0 Å². The molecule has 0 unspecified atom stereocenters. The number of benzene rings is 3. The van der Waals surface area contributed by atoms with Crippen LogP contribution in [0.15, 0.2) is 72.8 Å². The van der Waals surface area contributed by atoms with Crippen molar-refractivity contribution >= 4 is 12.1 Å². The average Bonchev–Trinajstić information content (AvgIpc) is 3.11. The molecule has 158 valence electrons. The number of rotatable bonds is 5. The number of esters is 1. The predicted octanol–water partition coefficient (Wildman–Crippen LogP) is 4.32. The van der Waals surface area contributed by atoms with Gasteiger partial charge in [0.05, 0.1) is 7.11 Å². The predicted molar refractivity (Wildman–Crippen MR) is 116 cm³/mol. The van der Waals surface area contributed by atoms with E-state index < -0.39 is 17.6 Å². The van der Waals surface area contributed by atoms with Gasteiger partial charge in [-0.2, -0.15) is 0 Å². The fraction of sp³-hybridized carbons (Fsp3) is 0.200. The van der Waals surface area contributed by atoms with Crippen molar-refractivity contribution in [3.8, 4) is 16.9 Å². The molecule has 4 rings (SSSR count). The van der Waals surface area contributed by atoms with Crippen LogP contribution in [0, 0.1) is 0 Å². The largest absolute Gasteiger partial charge is 0.508 e. The number of carbonyl (C=O) groups is 2. The SMILES string of the molecule is COC(=O)[C@](C)(NC(=O)OCC1c2ccccc2-c2ccccc21)c1ccc(O)cc1. The van der Waals surface area contributed by atoms with Crippen LogP contribution in [0.3, 0.4) is 0 Å². The van der Waals surface area contributed by atoms with Gasteiger partial charge in [0.1, 0.15) is 12.4 Å². The highest BCUT2D eigenvalue weighted by atomic mass is 16.6. The molecule has 0 fully saturated rings. The van der Waals surface area contributed by atoms with Crippen LogP contribution in [0.1, 0.15) is 29.5 Å². The van der Waals surface area contributed by atoms with Crippen molar-refractivity contribution in [3.63, 3.8) is 0 Å². The number of fused-ring (bicyclic) bond motifs is 3. The van der Waals surface area contributed by atoms with Crippen molar-refractivity contribution in [1.82, 2.24) is 5.32 Å². The van der Waals surface area contributed by atoms with Crippen LogP contribution in [0.2, 0.25) is 0 Å². The lowest BCUT2D eigenvalue weighted by Gasteiger charge is -2.28. The minimum absolute atomic E-state index is 0.0529. The molecular formula is C25H23NO5. The first-order chi connectivity index (χ1) is 14.9. The number of carbonyl (C=O) groups excluding carboxylic acids is 2. The summed E-state index contributed by atoms with van der Waals surface area (Å²) in [6.45, 7) is 1.67. The van der Waals surface area contributed by atoms with Gasteiger partial charge in [-0.25, -0.2) is 9.59 Å². The summed E-state index contributed by atoms with van der Waals surface area (Å²) in [5.41, 5.74) is 3.47. The molecule has 0 saturated carbocycles. The van der Waals surface area contributed by atoms with E-state index in [1.165, 1.54) is 26.2 Å². The van der Waals surface area contributed by atoms with Crippen LogP contribution in [0.25, 0.3) is 11.1 Å². The number of alkyl carbamates (subject to hydrolysis) is 1. The maximum atomic E-state index is 12.7. The second-order valence-electron chi connectivity index (χ2n) is 7.61. The molecule has 1 aliphatic rings. The lowest BCUT2D eigenvalue weighted by molar-refractivity contribution is -0.148. The van der Waals surface area contributed by atoms with Gasteiger partial charge in [-0.05, 0) is 46.9 Å². The summed E-state index contributed by atoms with van der Waals surface area (Å²) in [6.07, 6.45) is -0.733. The lowest BCUT2D eigenvalue weighted by Crippen LogP contribution is -2.50. The number of phenolic OH excluding ortho intramolecular Hbond substituents is 1. The van der Waals surface area contributed by atoms with E-state index in [4.69, 9.17) is 9.47 Å². The highest BCUT2D eigenvalue weighted by Crippen LogP contribution is 2.44. The zero-order valence-electron chi connectivity index (χ0n) is 17.3. The molecule has 1 amide bonds. The smallest absolute Gasteiger partial charge is 0.408 e. The third-order valence-electron chi connectivity index (χ3n) is 5.73. The fourth-order valence-electron chi connectivity index (χ4n) is 4.08. The molecule has 0 aliphatic heterocycles. The van der Waals surface area contributed by atoms with E-state index in [1.807, 2.05) is 36.4 Å². The van der Waals surface area contributed by atoms with Crippen LogP contribution < -0.4 is 5.32 Å². The number of nitrogens with one attached hydrogen (secondary N) is 1. The molecule has 3 aromatic carbocycles. The van der Waals surface area contributed by atoms with E-state index in [0.717, 1.165) is 22.3 Å². The Morgan fingerprint density at radius 3 is 2.03 bits per heavy atom. The first kappa shape index (κ1) is 20.5. The van der Waals surface area contributed by atoms with Gasteiger partial charge in [0.2, 0.25) is 0 Å². The standard InChI is InChI=1S/C25H23NO5/c1-25(23(28)30-2,16-11-13-17(27)14-12-16)26-24(29)31-15-22-20-9-5-3-7-18(20)19-8-4-6-10-21(19)22/h3-14,22,27H,15H2,1-2H3,(H,26,29)/t25-/m1/s1. The number of phenols is 1. The van der Waals surface area contributed by atoms with Gasteiger partial charge in [0, 0.05) is 5.92 Å². The van der Waals surface area contributed by atoms with Crippen LogP contribution in [0.4, 0.5) is 4.79 Å². The highest BCUT2D eigenvalue weighted by Gasteiger charge is 2.39. The number of methoxy groups -OCH3 is 1. The molecule has 31 heavy (non-hydrogen) atoms. The number of hydrogen-bond donors (Lipinski definition) is 2. The Hall–Kier alpha value is -3.80. The quantitative estimate of drug-likeness (QED) is 0.604. The van der Waals surface area contributed by atoms with Gasteiger partial charge >= 0.3 is 12.1 Å². The second-order valence-corrected chi connectivity index (χ2v) is 7.61. The molecule has 0 saturated heterocycles. The number of ether oxygens (including phenoxy) is 2. The summed E-state index contributed by atoms with van der Waals surface area (Å²) < 4.78 is 10.5. The van der Waals surface area contributed by atoms with Crippen molar-refractivity contribution in [3.05, 3.63) is 89.5 Å². The van der Waals surface area contributed by atoms with Gasteiger partial charge in [-0.15, -0.1) is 0 Å². The summed E-state index contributed by atoms with van der Waals surface area (Å²) in [7, 11) is 1.25. The van der Waals surface area contributed by atoms with Crippen molar-refractivity contribution in [2.24, 2.45) is 0 Å². The zero-order chi connectivity index (χ0) is 22.0. The third kappa shape index (κ3) is 3.72. The maximum absolute atomic E-state index is 12.7. The lowest BCUT2D eigenvalue weighted by atomic mass is 9.92. The third-order valence-corrected chi connectivity index (χ3v) is 5.73. The Kier molecular flexibility index (Phi) is 5.38. The Labute approximate surface area is 180 Å². The van der Waals surface area contributed by atoms with Crippen LogP contribution >= 0.6 is 0 Å². The minimum Gasteiger partial charge on any atom is -0.508 e. The van der Waals surface area contributed by atoms with Gasteiger partial charge in [0.25, 0.3) is 0 Å². The van der Waals surface area contributed by atoms with Crippen molar-refractivity contribution in [2.75, 3.05) is 13.7 Å². The van der Waals surface area contributed by atoms with Crippen molar-refractivity contribution in [2.45, 2.75) is 18.4 Å². The number of aromatic hydroxyl groups is 1. The van der Waals surface area contributed by atoms with Crippen LogP contribution in [-0.4, -0.2) is 30.9 Å². The van der Waals surface area contributed by atoms with E-state index in [1.54, 1.807) is 12.1 Å². The Bertz CT molecular complexity index is 1080. The molecular weight excluding hydrogens is 394 g/mol. The monoisotopic (exact) mass is 417 g/mol. The molecule has 2 N–H and O–H groups in total. The topological polar surface area (TPSA) is 84.9 Å². The first-order valence-electron chi connectivity index (χ1n) is 9.95. The molecule has 0 bridgehead atoms. The van der Waals surface area contributed by atoms with E-state index in [0.29, 0.717) is 5.56 Å². The second kappa shape index (κ2) is 8.14. The summed E-state index contributed by atoms with van der Waals surface area (Å²) in [4.78, 5) is 25.2. The van der Waals surface area contributed by atoms with Crippen molar-refractivity contribution in [1.29, 1.82) is 0 Å². The number of hydrogen-bond acceptors (Lipinski definition) is 5. The minimum atomic E-state index is -1.47. The summed E-state index contributed by atoms with van der Waals surface area (Å²) in [6, 6.07) is 22.1. The molecule has 6 nitrogen and oxygen atoms in total. The van der Waals surface area contributed by atoms with Gasteiger partial charge in [-0.1, -0.05) is 60.7 Å². The molecule has 3 aromatic rings. The average molecular weight is 417 g/mol. The molecule has 6 heteroatoms. The van der Waals surface area contributed by atoms with E-state index in [-0.39, 0.29) is 18.3 Å². The molecule has 0 heterocycles. The van der Waals surface area contributed by atoms with E-state index in [2.05, 4.69) is 17.4 Å². The maximum Gasteiger partial charge on any atom is 0.408 e. The van der Waals surface area contributed by atoms with Gasteiger partial charge < -0.3 is 19.9 Å². The van der Waals surface area contributed by atoms with Crippen molar-refractivity contribution < 1.29 is 24.2 Å². The van der Waals surface area contributed by atoms with Crippen LogP contribution in [0.5, 0.6) is 5.75 Å². The summed E-state index contributed by atoms with van der Waals surface area (Å²) in [5.74, 6) is -0.681. The zero-order valence-corrected chi connectivity index (χ0v) is 17.3. The molecule has 1 atom stereocenters. The van der Waals surface area contributed by atoms with E-state index in [9.17, 15) is 14.7 Å². The first-order valence-corrected chi connectivity index (χ1v) is 9.95. The number of amides is 1. The Morgan fingerprint density at radius 2 is 1.48 bits per heavy atom. The Balaban J connectivity index is 1.53. The summed E-state index contributed by atoms with van der Waals surface area (Å²) in [5, 5.41) is 12.2. The summed E-state index contributed by atoms with van der Waals surface area (Å²) >= 11 is 0. The fourth-order valence-corrected chi connectivity index (χ4v) is 4.08. The molecule has 0 spiro atoms. The van der Waals surface area contributed by atoms with E-state index >= 15 is 0 Å². The Morgan fingerprint density at radius 1 is 0.935 bits per heavy atom. The highest BCUT2D eigenvalue weighted by molar-refractivity contribution is 5.87. The normalized spacial score (nSPS) is 14.1.